The Morgan fingerprint density at radius 3 is 1.30 bits per heavy atom. The fraction of sp³-hybridized carbons (Fsp3) is 0.444. The first-order valence-electron chi connectivity index (χ1n) is 20.7. The van der Waals surface area contributed by atoms with Gasteiger partial charge in [-0.1, -0.05) is 20.8 Å². The van der Waals surface area contributed by atoms with Crippen LogP contribution >= 0.6 is 0 Å². The van der Waals surface area contributed by atoms with Crippen molar-refractivity contribution in [2.45, 2.75) is 105 Å². The molecule has 3 aromatic carbocycles. The Kier molecular flexibility index (Phi) is 26.2. The highest BCUT2D eigenvalue weighted by atomic mass is 16.6. The van der Waals surface area contributed by atoms with E-state index in [2.05, 4.69) is 4.74 Å². The van der Waals surface area contributed by atoms with Crippen LogP contribution in [0.1, 0.15) is 115 Å². The number of hydrogen-bond acceptors (Lipinski definition) is 18. The first-order chi connectivity index (χ1) is 31.0. The van der Waals surface area contributed by atoms with E-state index in [-0.39, 0.29) is 83.8 Å². The summed E-state index contributed by atoms with van der Waals surface area (Å²) < 4.78 is 14.3. The minimum absolute atomic E-state index is 0.0441. The average molecular weight is 928 g/mol. The minimum atomic E-state index is -2.16. The summed E-state index contributed by atoms with van der Waals surface area (Å²) in [5.41, 5.74) is -4.51. The number of nitro groups is 3. The van der Waals surface area contributed by atoms with Crippen LogP contribution in [0, 0.1) is 36.3 Å². The largest absolute Gasteiger partial charge is 0.464 e. The van der Waals surface area contributed by atoms with E-state index in [4.69, 9.17) is 9.47 Å². The number of aliphatic hydroxyl groups is 2. The first-order valence-corrected chi connectivity index (χ1v) is 20.7. The van der Waals surface area contributed by atoms with Gasteiger partial charge in [0.15, 0.2) is 11.2 Å². The number of Topliss-reactive ketones (excluding diaryl/α,β-unsaturated/α-hetero) is 4. The van der Waals surface area contributed by atoms with Gasteiger partial charge in [-0.05, 0) is 101 Å². The highest BCUT2D eigenvalue weighted by Crippen LogP contribution is 2.35. The molecule has 0 bridgehead atoms. The third kappa shape index (κ3) is 18.2. The summed E-state index contributed by atoms with van der Waals surface area (Å²) in [6.45, 7) is 13.3. The predicted molar refractivity (Wildman–Crippen MR) is 236 cm³/mol. The lowest BCUT2D eigenvalue weighted by Crippen LogP contribution is -2.47. The Labute approximate surface area is 380 Å². The molecule has 360 valence electrons. The van der Waals surface area contributed by atoms with E-state index in [0.29, 0.717) is 6.42 Å². The van der Waals surface area contributed by atoms with Gasteiger partial charge in [-0.3, -0.25) is 44.7 Å². The van der Waals surface area contributed by atoms with Crippen LogP contribution in [0.5, 0.6) is 0 Å². The molecule has 66 heavy (non-hydrogen) atoms. The van der Waals surface area contributed by atoms with E-state index in [1.54, 1.807) is 34.6 Å². The van der Waals surface area contributed by atoms with Crippen LogP contribution in [-0.4, -0.2) is 85.8 Å². The molecule has 3 rings (SSSR count). The normalized spacial score (nSPS) is 12.4. The van der Waals surface area contributed by atoms with Crippen molar-refractivity contribution in [3.63, 3.8) is 0 Å². The molecule has 0 saturated heterocycles. The van der Waals surface area contributed by atoms with Gasteiger partial charge in [0, 0.05) is 54.8 Å². The van der Waals surface area contributed by atoms with Gasteiger partial charge in [-0.2, -0.15) is 0 Å². The lowest BCUT2D eigenvalue weighted by molar-refractivity contribution is -0.385. The van der Waals surface area contributed by atoms with Gasteiger partial charge in [-0.15, -0.1) is 0 Å². The monoisotopic (exact) mass is 927 g/mol. The molecule has 21 heteroatoms. The predicted octanol–water partition coefficient (Wildman–Crippen LogP) is 6.78. The van der Waals surface area contributed by atoms with Crippen LogP contribution in [0.25, 0.3) is 0 Å². The van der Waals surface area contributed by atoms with Crippen LogP contribution < -0.4 is 0 Å². The number of esters is 3. The minimum Gasteiger partial charge on any atom is -0.464 e. The molecule has 3 atom stereocenters. The molecule has 3 aromatic rings. The average Bonchev–Trinajstić information content (AvgIpc) is 3.27. The van der Waals surface area contributed by atoms with Crippen molar-refractivity contribution in [2.24, 2.45) is 5.92 Å². The van der Waals surface area contributed by atoms with Gasteiger partial charge in [0.1, 0.15) is 17.3 Å². The number of carbonyl (C=O) groups excluding carboxylic acids is 7. The lowest BCUT2D eigenvalue weighted by atomic mass is 9.77. The van der Waals surface area contributed by atoms with Gasteiger partial charge >= 0.3 is 17.9 Å². The third-order valence-corrected chi connectivity index (χ3v) is 9.06. The molecule has 0 aromatic heterocycles. The Morgan fingerprint density at radius 2 is 0.970 bits per heavy atom. The van der Waals surface area contributed by atoms with Gasteiger partial charge in [0.25, 0.3) is 22.8 Å². The zero-order valence-electron chi connectivity index (χ0n) is 38.1. The van der Waals surface area contributed by atoms with Gasteiger partial charge < -0.3 is 29.2 Å². The van der Waals surface area contributed by atoms with Crippen LogP contribution in [0.15, 0.2) is 72.8 Å². The Bertz CT molecular complexity index is 2140. The summed E-state index contributed by atoms with van der Waals surface area (Å²) in [5, 5.41) is 53.2. The van der Waals surface area contributed by atoms with Crippen molar-refractivity contribution in [3.05, 3.63) is 120 Å². The number of benzene rings is 3. The summed E-state index contributed by atoms with van der Waals surface area (Å²) in [4.78, 5) is 110. The van der Waals surface area contributed by atoms with Crippen LogP contribution in [-0.2, 0) is 54.2 Å². The Morgan fingerprint density at radius 1 is 0.576 bits per heavy atom. The molecular weight excluding hydrogens is 870 g/mol. The number of nitro benzene ring substituents is 3. The summed E-state index contributed by atoms with van der Waals surface area (Å²) in [6.07, 6.45) is 2.35. The van der Waals surface area contributed by atoms with Crippen molar-refractivity contribution < 1.29 is 72.8 Å². The van der Waals surface area contributed by atoms with Crippen molar-refractivity contribution >= 4 is 58.1 Å². The van der Waals surface area contributed by atoms with Gasteiger partial charge in [-0.25, -0.2) is 14.4 Å². The molecule has 3 unspecified atom stereocenters. The number of carbonyl (C=O) groups is 7. The molecule has 0 aliphatic heterocycles. The van der Waals surface area contributed by atoms with Crippen molar-refractivity contribution in [1.29, 1.82) is 0 Å². The molecule has 0 fully saturated rings. The van der Waals surface area contributed by atoms with Crippen LogP contribution in [0.3, 0.4) is 0 Å². The smallest absolute Gasteiger partial charge is 0.379 e. The van der Waals surface area contributed by atoms with Crippen molar-refractivity contribution in [1.82, 2.24) is 0 Å². The van der Waals surface area contributed by atoms with Gasteiger partial charge in [0.05, 0.1) is 46.9 Å². The molecular formula is C45H57N3O18. The first kappa shape index (κ1) is 58.9. The second-order valence-corrected chi connectivity index (χ2v) is 14.0. The van der Waals surface area contributed by atoms with E-state index >= 15 is 0 Å². The zero-order valence-corrected chi connectivity index (χ0v) is 38.1. The Hall–Kier alpha value is -7.13. The molecule has 0 radical (unpaired) electrons. The van der Waals surface area contributed by atoms with Gasteiger partial charge in [0.2, 0.25) is 0 Å². The van der Waals surface area contributed by atoms with Crippen LogP contribution in [0.4, 0.5) is 17.1 Å². The van der Waals surface area contributed by atoms with E-state index < -0.39 is 62.0 Å². The van der Waals surface area contributed by atoms with E-state index in [1.165, 1.54) is 67.6 Å². The molecule has 0 heterocycles. The highest BCUT2D eigenvalue weighted by molar-refractivity contribution is 6.40. The Balaban J connectivity index is 0.000000912. The molecule has 0 amide bonds. The van der Waals surface area contributed by atoms with E-state index in [1.807, 2.05) is 13.8 Å². The van der Waals surface area contributed by atoms with Crippen molar-refractivity contribution in [3.8, 4) is 0 Å². The van der Waals surface area contributed by atoms with E-state index in [0.717, 1.165) is 25.0 Å². The number of rotatable bonds is 21. The maximum absolute atomic E-state index is 12.2. The molecule has 2 N–H and O–H groups in total. The fourth-order valence-electron chi connectivity index (χ4n) is 5.87. The maximum atomic E-state index is 12.2. The second kappa shape index (κ2) is 29.3. The lowest BCUT2D eigenvalue weighted by Gasteiger charge is -2.32. The number of non-ortho nitro benzene ring substituents is 3. The number of hydrogen-bond donors (Lipinski definition) is 2. The van der Waals surface area contributed by atoms with E-state index in [9.17, 15) is 74.1 Å². The van der Waals surface area contributed by atoms with Crippen molar-refractivity contribution in [2.75, 3.05) is 19.8 Å². The zero-order chi connectivity index (χ0) is 50.8. The number of ketones is 4. The fourth-order valence-corrected chi connectivity index (χ4v) is 5.87. The highest BCUT2D eigenvalue weighted by Gasteiger charge is 2.48. The summed E-state index contributed by atoms with van der Waals surface area (Å²) in [5.74, 6) is -4.99. The summed E-state index contributed by atoms with van der Waals surface area (Å²) in [7, 11) is 0. The summed E-state index contributed by atoms with van der Waals surface area (Å²) >= 11 is 0. The standard InChI is InChI=1S/2C15H19NO6.C10H9NO5.C5H10O/c1-4-13(10(3)17)15(19,14(18)22-5-2)11-6-8-12(9-7-11)16(20)21;1-3-5-13(17)10-15(19,14(18)22-4-2)11-6-8-12(9-7-11)16(20)21;1-2-16-10(13)9(12)7-3-5-8(6-4-7)11(14)15;1-3-4-5(2)6/h6-9,13,19H,4-5H2,1-3H3;6-9,19H,3-5,10H2,1-2H3;3-6H,2H2,1H3;3-4H2,1-2H3. The SMILES string of the molecule is CCCC(=O)CC(O)(C(=O)OCC)c1ccc([N+](=O)[O-])cc1.CCCC(C)=O.CCOC(=O)C(=O)c1ccc([N+](=O)[O-])cc1.CCOC(=O)C(O)(c1ccc([N+](=O)[O-])cc1)C(CC)C(C)=O. The molecule has 21 nitrogen and oxygen atoms in total. The second-order valence-electron chi connectivity index (χ2n) is 14.0. The van der Waals surface area contributed by atoms with Crippen LogP contribution in [0.2, 0.25) is 0 Å². The topological polar surface area (TPSA) is 317 Å². The summed E-state index contributed by atoms with van der Waals surface area (Å²) in [6, 6.07) is 14.5. The molecule has 0 saturated carbocycles. The molecule has 0 spiro atoms. The number of ether oxygens (including phenoxy) is 3. The molecule has 0 aliphatic carbocycles. The number of nitrogens with zero attached hydrogens (tertiary/aromatic N) is 3. The molecule has 0 aliphatic rings. The third-order valence-electron chi connectivity index (χ3n) is 9.06. The quantitative estimate of drug-likeness (QED) is 0.0277. The maximum Gasteiger partial charge on any atom is 0.379 e.